The van der Waals surface area contributed by atoms with E-state index in [0.29, 0.717) is 4.99 Å². The number of anilines is 1. The molecular weight excluding hydrogens is 284 g/mol. The van der Waals surface area contributed by atoms with Gasteiger partial charge >= 0.3 is 0 Å². The van der Waals surface area contributed by atoms with E-state index in [1.165, 1.54) is 0 Å². The van der Waals surface area contributed by atoms with Crippen LogP contribution in [0, 0.1) is 5.41 Å². The van der Waals surface area contributed by atoms with Crippen molar-refractivity contribution in [3.8, 4) is 5.75 Å². The van der Waals surface area contributed by atoms with Crippen LogP contribution >= 0.6 is 12.2 Å². The number of carbonyl (C=O) groups excluding carboxylic acids is 1. The quantitative estimate of drug-likeness (QED) is 0.665. The molecule has 0 bridgehead atoms. The third-order valence-electron chi connectivity index (χ3n) is 4.38. The van der Waals surface area contributed by atoms with Gasteiger partial charge in [-0.25, -0.2) is 0 Å². The monoisotopic (exact) mass is 306 g/mol. The van der Waals surface area contributed by atoms with Gasteiger partial charge in [0.2, 0.25) is 5.91 Å². The Hall–Kier alpha value is -1.62. The largest absolute Gasteiger partial charge is 0.508 e. The molecule has 1 amide bonds. The Morgan fingerprint density at radius 3 is 2.19 bits per heavy atom. The van der Waals surface area contributed by atoms with Crippen LogP contribution in [0.25, 0.3) is 0 Å². The summed E-state index contributed by atoms with van der Waals surface area (Å²) in [5.41, 5.74) is 5.97. The Morgan fingerprint density at radius 1 is 1.19 bits per heavy atom. The summed E-state index contributed by atoms with van der Waals surface area (Å²) in [5.74, 6) is 0.140. The first-order valence-electron chi connectivity index (χ1n) is 7.34. The summed E-state index contributed by atoms with van der Waals surface area (Å²) in [7, 11) is 1.74. The molecule has 0 heterocycles. The fourth-order valence-corrected chi connectivity index (χ4v) is 3.30. The van der Waals surface area contributed by atoms with Crippen molar-refractivity contribution in [2.75, 3.05) is 11.9 Å². The van der Waals surface area contributed by atoms with Gasteiger partial charge in [-0.1, -0.05) is 37.9 Å². The molecule has 0 saturated heterocycles. The highest BCUT2D eigenvalue weighted by Gasteiger charge is 2.43. The zero-order valence-electron chi connectivity index (χ0n) is 12.3. The third kappa shape index (κ3) is 3.18. The first-order valence-corrected chi connectivity index (χ1v) is 7.75. The first-order chi connectivity index (χ1) is 9.97. The number of aromatic hydroxyl groups is 1. The SMILES string of the molecule is CN(C(=O)C1(C(N)=S)CCCCCC1)c1ccc(O)cc1. The third-order valence-corrected chi connectivity index (χ3v) is 4.77. The van der Waals surface area contributed by atoms with E-state index in [1.807, 2.05) is 0 Å². The topological polar surface area (TPSA) is 66.6 Å². The van der Waals surface area contributed by atoms with Gasteiger partial charge < -0.3 is 15.7 Å². The number of benzene rings is 1. The summed E-state index contributed by atoms with van der Waals surface area (Å²) < 4.78 is 0. The lowest BCUT2D eigenvalue weighted by Gasteiger charge is -2.34. The van der Waals surface area contributed by atoms with Crippen LogP contribution in [0.4, 0.5) is 5.69 Å². The second-order valence-corrected chi connectivity index (χ2v) is 6.18. The lowest BCUT2D eigenvalue weighted by atomic mass is 9.78. The predicted octanol–water partition coefficient (Wildman–Crippen LogP) is 2.98. The highest BCUT2D eigenvalue weighted by Crippen LogP contribution is 2.38. The fourth-order valence-electron chi connectivity index (χ4n) is 3.01. The van der Waals surface area contributed by atoms with Gasteiger partial charge in [0.1, 0.15) is 5.75 Å². The summed E-state index contributed by atoms with van der Waals surface area (Å²) in [5, 5.41) is 9.36. The number of amides is 1. The number of phenols is 1. The molecule has 1 aliphatic carbocycles. The molecule has 2 rings (SSSR count). The van der Waals surface area contributed by atoms with E-state index >= 15 is 0 Å². The predicted molar refractivity (Wildman–Crippen MR) is 88.4 cm³/mol. The molecule has 1 aliphatic rings. The van der Waals surface area contributed by atoms with E-state index < -0.39 is 5.41 Å². The molecule has 0 spiro atoms. The van der Waals surface area contributed by atoms with E-state index in [-0.39, 0.29) is 11.7 Å². The summed E-state index contributed by atoms with van der Waals surface area (Å²) in [4.78, 5) is 14.9. The molecule has 1 fully saturated rings. The number of nitrogens with zero attached hydrogens (tertiary/aromatic N) is 1. The van der Waals surface area contributed by atoms with Crippen LogP contribution < -0.4 is 10.6 Å². The van der Waals surface area contributed by atoms with Crippen molar-refractivity contribution < 1.29 is 9.90 Å². The minimum Gasteiger partial charge on any atom is -0.508 e. The van der Waals surface area contributed by atoms with E-state index in [4.69, 9.17) is 18.0 Å². The zero-order valence-corrected chi connectivity index (χ0v) is 13.2. The van der Waals surface area contributed by atoms with Crippen LogP contribution in [-0.4, -0.2) is 23.0 Å². The Bertz CT molecular complexity index is 520. The average Bonchev–Trinajstić information content (AvgIpc) is 2.73. The number of phenolic OH excluding ortho intramolecular Hbond substituents is 1. The van der Waals surface area contributed by atoms with Gasteiger partial charge in [-0.05, 0) is 37.1 Å². The summed E-state index contributed by atoms with van der Waals surface area (Å²) >= 11 is 5.24. The second kappa shape index (κ2) is 6.43. The minimum atomic E-state index is -0.724. The van der Waals surface area contributed by atoms with Gasteiger partial charge in [-0.2, -0.15) is 0 Å². The van der Waals surface area contributed by atoms with Crippen molar-refractivity contribution in [1.82, 2.24) is 0 Å². The number of hydrogen-bond acceptors (Lipinski definition) is 3. The van der Waals surface area contributed by atoms with E-state index in [0.717, 1.165) is 44.2 Å². The maximum Gasteiger partial charge on any atom is 0.239 e. The highest BCUT2D eigenvalue weighted by molar-refractivity contribution is 7.80. The molecule has 0 atom stereocenters. The van der Waals surface area contributed by atoms with Gasteiger partial charge in [0, 0.05) is 12.7 Å². The van der Waals surface area contributed by atoms with Gasteiger partial charge in [-0.3, -0.25) is 4.79 Å². The molecule has 0 aromatic heterocycles. The van der Waals surface area contributed by atoms with Crippen molar-refractivity contribution in [2.45, 2.75) is 38.5 Å². The lowest BCUT2D eigenvalue weighted by Crippen LogP contribution is -2.49. The van der Waals surface area contributed by atoms with Crippen molar-refractivity contribution in [3.63, 3.8) is 0 Å². The normalized spacial score (nSPS) is 17.8. The summed E-state index contributed by atoms with van der Waals surface area (Å²) in [6.45, 7) is 0. The smallest absolute Gasteiger partial charge is 0.239 e. The molecule has 0 aliphatic heterocycles. The average molecular weight is 306 g/mol. The summed E-state index contributed by atoms with van der Waals surface area (Å²) in [6.07, 6.45) is 5.66. The van der Waals surface area contributed by atoms with Crippen LogP contribution in [0.15, 0.2) is 24.3 Å². The maximum absolute atomic E-state index is 13.0. The molecule has 3 N–H and O–H groups in total. The zero-order chi connectivity index (χ0) is 15.5. The van der Waals surface area contributed by atoms with Crippen molar-refractivity contribution >= 4 is 28.8 Å². The van der Waals surface area contributed by atoms with Gasteiger partial charge in [0.25, 0.3) is 0 Å². The van der Waals surface area contributed by atoms with Crippen molar-refractivity contribution in [3.05, 3.63) is 24.3 Å². The Labute approximate surface area is 130 Å². The van der Waals surface area contributed by atoms with E-state index in [2.05, 4.69) is 0 Å². The molecule has 1 aromatic rings. The van der Waals surface area contributed by atoms with E-state index in [9.17, 15) is 9.90 Å². The first kappa shape index (κ1) is 15.8. The van der Waals surface area contributed by atoms with Crippen LogP contribution in [0.2, 0.25) is 0 Å². The van der Waals surface area contributed by atoms with Crippen LogP contribution in [0.1, 0.15) is 38.5 Å². The molecule has 21 heavy (non-hydrogen) atoms. The molecule has 5 heteroatoms. The van der Waals surface area contributed by atoms with Gasteiger partial charge in [-0.15, -0.1) is 0 Å². The Kier molecular flexibility index (Phi) is 4.83. The Balaban J connectivity index is 2.29. The molecule has 114 valence electrons. The van der Waals surface area contributed by atoms with Gasteiger partial charge in [0.15, 0.2) is 0 Å². The fraction of sp³-hybridized carbons (Fsp3) is 0.500. The van der Waals surface area contributed by atoms with Crippen molar-refractivity contribution in [1.29, 1.82) is 0 Å². The summed E-state index contributed by atoms with van der Waals surface area (Å²) in [6, 6.07) is 6.58. The minimum absolute atomic E-state index is 0.0393. The highest BCUT2D eigenvalue weighted by atomic mass is 32.1. The molecular formula is C16H22N2O2S. The molecule has 1 saturated carbocycles. The number of carbonyl (C=O) groups is 1. The molecule has 1 aromatic carbocycles. The molecule has 4 nitrogen and oxygen atoms in total. The maximum atomic E-state index is 13.0. The standard InChI is InChI=1S/C16H22N2O2S/c1-18(12-6-8-13(19)9-7-12)15(20)16(14(17)21)10-4-2-3-5-11-16/h6-9,19H,2-5,10-11H2,1H3,(H2,17,21). The Morgan fingerprint density at radius 2 is 1.71 bits per heavy atom. The number of hydrogen-bond donors (Lipinski definition) is 2. The van der Waals surface area contributed by atoms with E-state index in [1.54, 1.807) is 36.2 Å². The molecule has 0 radical (unpaired) electrons. The number of rotatable bonds is 3. The van der Waals surface area contributed by atoms with Crippen LogP contribution in [-0.2, 0) is 4.79 Å². The lowest BCUT2D eigenvalue weighted by molar-refractivity contribution is -0.125. The van der Waals surface area contributed by atoms with Crippen LogP contribution in [0.3, 0.4) is 0 Å². The van der Waals surface area contributed by atoms with Gasteiger partial charge in [0.05, 0.1) is 10.4 Å². The van der Waals surface area contributed by atoms with Crippen LogP contribution in [0.5, 0.6) is 5.75 Å². The number of nitrogens with two attached hydrogens (primary N) is 1. The molecule has 0 unspecified atom stereocenters. The second-order valence-electron chi connectivity index (χ2n) is 5.74. The number of thiocarbonyl (C=S) groups is 1. The van der Waals surface area contributed by atoms with Crippen molar-refractivity contribution in [2.24, 2.45) is 11.1 Å².